The van der Waals surface area contributed by atoms with Crippen LogP contribution in [0.2, 0.25) is 0 Å². The summed E-state index contributed by atoms with van der Waals surface area (Å²) in [5, 5.41) is 0. The standard InChI is InChI=1S/C47H84O5/c1-4-7-10-13-16-18-20-22-23-24-25-27-28-30-32-34-37-40-46(48)51-44-45(43-50-42-39-36-15-12-9-6-3)52-47(49)41-38-35-33-31-29-26-21-19-17-14-11-8-5-2/h7,10,16,18,22-23,25,27,45H,4-6,8-9,11-15,17,19-21,24,26,28-44H2,1-3H3/b10-7-,18-16-,23-22-,27-25-. The summed E-state index contributed by atoms with van der Waals surface area (Å²) in [6.45, 7) is 7.66. The number of carbonyl (C=O) groups excluding carboxylic acids is 2. The van der Waals surface area contributed by atoms with E-state index in [1.54, 1.807) is 0 Å². The number of allylic oxidation sites excluding steroid dienone is 8. The van der Waals surface area contributed by atoms with Crippen molar-refractivity contribution < 1.29 is 23.8 Å². The molecule has 0 saturated heterocycles. The molecule has 0 rings (SSSR count). The number of ether oxygens (including phenoxy) is 3. The molecule has 52 heavy (non-hydrogen) atoms. The molecule has 0 heterocycles. The van der Waals surface area contributed by atoms with Crippen LogP contribution >= 0.6 is 0 Å². The summed E-state index contributed by atoms with van der Waals surface area (Å²) in [5.74, 6) is -0.423. The second kappa shape index (κ2) is 43.3. The first-order chi connectivity index (χ1) is 25.6. The van der Waals surface area contributed by atoms with Gasteiger partial charge in [0.1, 0.15) is 6.61 Å². The Hall–Kier alpha value is -2.14. The Morgan fingerprint density at radius 1 is 0.442 bits per heavy atom. The lowest BCUT2D eigenvalue weighted by Gasteiger charge is -2.18. The van der Waals surface area contributed by atoms with Gasteiger partial charge in [-0.2, -0.15) is 0 Å². The minimum Gasteiger partial charge on any atom is -0.462 e. The predicted octanol–water partition coefficient (Wildman–Crippen LogP) is 14.4. The highest BCUT2D eigenvalue weighted by Crippen LogP contribution is 2.14. The second-order valence-corrected chi connectivity index (χ2v) is 14.6. The molecule has 1 atom stereocenters. The molecule has 0 aliphatic carbocycles. The summed E-state index contributed by atoms with van der Waals surface area (Å²) in [6, 6.07) is 0. The Kier molecular flexibility index (Phi) is 41.5. The molecule has 0 aliphatic heterocycles. The molecule has 0 radical (unpaired) electrons. The highest BCUT2D eigenvalue weighted by molar-refractivity contribution is 5.70. The van der Waals surface area contributed by atoms with Crippen molar-refractivity contribution in [2.45, 2.75) is 219 Å². The average Bonchev–Trinajstić information content (AvgIpc) is 3.14. The minimum atomic E-state index is -0.537. The first-order valence-corrected chi connectivity index (χ1v) is 22.2. The number of hydrogen-bond donors (Lipinski definition) is 0. The van der Waals surface area contributed by atoms with Crippen LogP contribution in [0.3, 0.4) is 0 Å². The van der Waals surface area contributed by atoms with Crippen LogP contribution in [0.1, 0.15) is 213 Å². The van der Waals surface area contributed by atoms with E-state index in [-0.39, 0.29) is 25.2 Å². The van der Waals surface area contributed by atoms with E-state index in [0.717, 1.165) is 83.5 Å². The zero-order valence-electron chi connectivity index (χ0n) is 34.6. The van der Waals surface area contributed by atoms with E-state index >= 15 is 0 Å². The van der Waals surface area contributed by atoms with Gasteiger partial charge in [0.2, 0.25) is 0 Å². The number of rotatable bonds is 40. The van der Waals surface area contributed by atoms with Crippen molar-refractivity contribution in [2.75, 3.05) is 19.8 Å². The molecule has 5 heteroatoms. The lowest BCUT2D eigenvalue weighted by Crippen LogP contribution is -2.30. The maximum atomic E-state index is 12.7. The molecule has 5 nitrogen and oxygen atoms in total. The van der Waals surface area contributed by atoms with Crippen LogP contribution in [-0.4, -0.2) is 37.9 Å². The van der Waals surface area contributed by atoms with E-state index in [4.69, 9.17) is 14.2 Å². The molecule has 0 amide bonds. The Bertz CT molecular complexity index is 873. The summed E-state index contributed by atoms with van der Waals surface area (Å²) >= 11 is 0. The fourth-order valence-electron chi connectivity index (χ4n) is 6.09. The fraction of sp³-hybridized carbons (Fsp3) is 0.787. The molecule has 1 unspecified atom stereocenters. The van der Waals surface area contributed by atoms with Gasteiger partial charge in [0.25, 0.3) is 0 Å². The first-order valence-electron chi connectivity index (χ1n) is 22.2. The number of unbranched alkanes of at least 4 members (excludes halogenated alkanes) is 21. The van der Waals surface area contributed by atoms with Crippen molar-refractivity contribution in [3.05, 3.63) is 48.6 Å². The maximum absolute atomic E-state index is 12.7. The topological polar surface area (TPSA) is 61.8 Å². The van der Waals surface area contributed by atoms with Crippen LogP contribution < -0.4 is 0 Å². The molecule has 0 aromatic heterocycles. The molecule has 0 aliphatic rings. The van der Waals surface area contributed by atoms with Crippen LogP contribution in [0.15, 0.2) is 48.6 Å². The molecule has 0 N–H and O–H groups in total. The molecule has 0 saturated carbocycles. The van der Waals surface area contributed by atoms with Crippen LogP contribution in [0.25, 0.3) is 0 Å². The summed E-state index contributed by atoms with van der Waals surface area (Å²) in [5.41, 5.74) is 0. The third-order valence-corrected chi connectivity index (χ3v) is 9.38. The van der Waals surface area contributed by atoms with Crippen molar-refractivity contribution in [1.29, 1.82) is 0 Å². The Labute approximate surface area is 322 Å². The maximum Gasteiger partial charge on any atom is 0.306 e. The minimum absolute atomic E-state index is 0.0749. The Balaban J connectivity index is 4.16. The zero-order valence-corrected chi connectivity index (χ0v) is 34.6. The van der Waals surface area contributed by atoms with Gasteiger partial charge >= 0.3 is 11.9 Å². The van der Waals surface area contributed by atoms with E-state index in [9.17, 15) is 9.59 Å². The molecule has 0 spiro atoms. The van der Waals surface area contributed by atoms with Gasteiger partial charge in [-0.3, -0.25) is 9.59 Å². The zero-order chi connectivity index (χ0) is 37.8. The van der Waals surface area contributed by atoms with Gasteiger partial charge in [0.15, 0.2) is 6.10 Å². The predicted molar refractivity (Wildman–Crippen MR) is 224 cm³/mol. The average molecular weight is 729 g/mol. The monoisotopic (exact) mass is 729 g/mol. The largest absolute Gasteiger partial charge is 0.462 e. The molecule has 0 aromatic rings. The van der Waals surface area contributed by atoms with E-state index in [0.29, 0.717) is 19.4 Å². The van der Waals surface area contributed by atoms with Crippen molar-refractivity contribution in [3.8, 4) is 0 Å². The van der Waals surface area contributed by atoms with Gasteiger partial charge in [-0.1, -0.05) is 191 Å². The van der Waals surface area contributed by atoms with Gasteiger partial charge in [-0.15, -0.1) is 0 Å². The van der Waals surface area contributed by atoms with Crippen molar-refractivity contribution in [1.82, 2.24) is 0 Å². The summed E-state index contributed by atoms with van der Waals surface area (Å²) in [7, 11) is 0. The fourth-order valence-corrected chi connectivity index (χ4v) is 6.09. The normalized spacial score (nSPS) is 12.6. The van der Waals surface area contributed by atoms with Gasteiger partial charge in [0, 0.05) is 19.4 Å². The van der Waals surface area contributed by atoms with E-state index < -0.39 is 6.10 Å². The van der Waals surface area contributed by atoms with E-state index in [2.05, 4.69) is 69.4 Å². The smallest absolute Gasteiger partial charge is 0.306 e. The molecule has 0 fully saturated rings. The van der Waals surface area contributed by atoms with E-state index in [1.165, 1.54) is 96.3 Å². The van der Waals surface area contributed by atoms with Crippen LogP contribution in [0.5, 0.6) is 0 Å². The van der Waals surface area contributed by atoms with Crippen LogP contribution in [0.4, 0.5) is 0 Å². The lowest BCUT2D eigenvalue weighted by atomic mass is 10.0. The third kappa shape index (κ3) is 40.6. The third-order valence-electron chi connectivity index (χ3n) is 9.38. The highest BCUT2D eigenvalue weighted by Gasteiger charge is 2.17. The van der Waals surface area contributed by atoms with Crippen molar-refractivity contribution >= 4 is 11.9 Å². The number of carbonyl (C=O) groups is 2. The van der Waals surface area contributed by atoms with Crippen molar-refractivity contribution in [3.63, 3.8) is 0 Å². The molecular formula is C47H84O5. The first kappa shape index (κ1) is 49.9. The second-order valence-electron chi connectivity index (χ2n) is 14.6. The quantitative estimate of drug-likeness (QED) is 0.0357. The van der Waals surface area contributed by atoms with Gasteiger partial charge in [-0.05, 0) is 57.8 Å². The van der Waals surface area contributed by atoms with Gasteiger partial charge in [-0.25, -0.2) is 0 Å². The molecule has 302 valence electrons. The molecule has 0 bridgehead atoms. The lowest BCUT2D eigenvalue weighted by molar-refractivity contribution is -0.163. The van der Waals surface area contributed by atoms with Crippen LogP contribution in [0, 0.1) is 0 Å². The molecule has 0 aromatic carbocycles. The Morgan fingerprint density at radius 3 is 1.38 bits per heavy atom. The summed E-state index contributed by atoms with van der Waals surface area (Å²) < 4.78 is 17.2. The summed E-state index contributed by atoms with van der Waals surface area (Å²) in [6.07, 6.45) is 51.1. The van der Waals surface area contributed by atoms with E-state index in [1.807, 2.05) is 0 Å². The molecular weight excluding hydrogens is 645 g/mol. The summed E-state index contributed by atoms with van der Waals surface area (Å²) in [4.78, 5) is 25.1. The van der Waals surface area contributed by atoms with Crippen molar-refractivity contribution in [2.24, 2.45) is 0 Å². The number of esters is 2. The van der Waals surface area contributed by atoms with Gasteiger partial charge in [0.05, 0.1) is 6.61 Å². The highest BCUT2D eigenvalue weighted by atomic mass is 16.6. The van der Waals surface area contributed by atoms with Gasteiger partial charge < -0.3 is 14.2 Å². The SMILES string of the molecule is CC/C=C\C/C=C\C/C=C\C/C=C\CCCCCCC(=O)OCC(COCCCCCCCC)OC(=O)CCCCCCCCCCCCCCC. The Morgan fingerprint density at radius 2 is 0.865 bits per heavy atom. The van der Waals surface area contributed by atoms with Crippen LogP contribution in [-0.2, 0) is 23.8 Å². The number of hydrogen-bond acceptors (Lipinski definition) is 5.